The minimum atomic E-state index is -1.23. The molecule has 244 valence electrons. The van der Waals surface area contributed by atoms with E-state index in [4.69, 9.17) is 24.7 Å². The molecule has 2 aliphatic heterocycles. The molecule has 13 heteroatoms. The van der Waals surface area contributed by atoms with Gasteiger partial charge in [0.15, 0.2) is 11.4 Å². The molecular formula is C38H26N12O. The van der Waals surface area contributed by atoms with Crippen LogP contribution < -0.4 is 0 Å². The van der Waals surface area contributed by atoms with Gasteiger partial charge in [0, 0.05) is 76.1 Å². The van der Waals surface area contributed by atoms with Gasteiger partial charge in [-0.25, -0.2) is 4.98 Å². The highest BCUT2D eigenvalue weighted by molar-refractivity contribution is 6.21. The summed E-state index contributed by atoms with van der Waals surface area (Å²) in [5.41, 5.74) is 8.49. The van der Waals surface area contributed by atoms with Gasteiger partial charge in [-0.3, -0.25) is 25.0 Å². The van der Waals surface area contributed by atoms with E-state index in [0.29, 0.717) is 28.6 Å². The van der Waals surface area contributed by atoms with Gasteiger partial charge < -0.3 is 14.7 Å². The minimum absolute atomic E-state index is 0.568. The maximum absolute atomic E-state index is 6.45. The molecule has 0 saturated heterocycles. The van der Waals surface area contributed by atoms with Gasteiger partial charge in [0.05, 0.1) is 41.4 Å². The van der Waals surface area contributed by atoms with Crippen molar-refractivity contribution in [2.75, 3.05) is 0 Å². The van der Waals surface area contributed by atoms with Crippen LogP contribution in [0.25, 0.3) is 44.7 Å². The number of fused-ring (bicyclic) bond motifs is 2. The van der Waals surface area contributed by atoms with Crippen LogP contribution in [0.1, 0.15) is 40.0 Å². The van der Waals surface area contributed by atoms with Crippen molar-refractivity contribution in [3.8, 4) is 33.8 Å². The first-order valence-corrected chi connectivity index (χ1v) is 16.3. The Bertz CT molecular complexity index is 2570. The van der Waals surface area contributed by atoms with Gasteiger partial charge in [-0.15, -0.1) is 0 Å². The molecule has 6 aromatic heterocycles. The van der Waals surface area contributed by atoms with Crippen molar-refractivity contribution in [2.24, 2.45) is 4.99 Å². The first kappa shape index (κ1) is 28.7. The summed E-state index contributed by atoms with van der Waals surface area (Å²) >= 11 is 0. The van der Waals surface area contributed by atoms with Crippen LogP contribution in [0.4, 0.5) is 0 Å². The fourth-order valence-corrected chi connectivity index (χ4v) is 7.36. The third kappa shape index (κ3) is 4.34. The van der Waals surface area contributed by atoms with Crippen molar-refractivity contribution < 1.29 is 4.74 Å². The highest BCUT2D eigenvalue weighted by Crippen LogP contribution is 2.57. The van der Waals surface area contributed by atoms with E-state index in [1.54, 1.807) is 55.8 Å². The van der Waals surface area contributed by atoms with E-state index in [9.17, 15) is 0 Å². The van der Waals surface area contributed by atoms with E-state index in [1.807, 2.05) is 54.6 Å². The van der Waals surface area contributed by atoms with Crippen LogP contribution in [0.5, 0.6) is 0 Å². The molecule has 2 atom stereocenters. The first-order chi connectivity index (χ1) is 25.3. The normalized spacial score (nSPS) is 17.8. The number of pyridine rings is 1. The van der Waals surface area contributed by atoms with E-state index in [1.165, 1.54) is 0 Å². The summed E-state index contributed by atoms with van der Waals surface area (Å²) in [5.74, 6) is 0.576. The largest absolute Gasteiger partial charge is 0.489 e. The Morgan fingerprint density at radius 3 is 2.41 bits per heavy atom. The molecule has 0 bridgehead atoms. The van der Waals surface area contributed by atoms with E-state index in [0.717, 1.165) is 55.7 Å². The molecule has 0 fully saturated rings. The molecule has 4 N–H and O–H groups in total. The molecule has 2 aromatic carbocycles. The predicted octanol–water partition coefficient (Wildman–Crippen LogP) is 6.20. The number of aromatic nitrogens is 11. The number of aliphatic imine (C=N–C) groups is 1. The Hall–Kier alpha value is -7.28. The van der Waals surface area contributed by atoms with Crippen LogP contribution in [0.3, 0.4) is 0 Å². The molecule has 2 aliphatic rings. The smallest absolute Gasteiger partial charge is 0.169 e. The van der Waals surface area contributed by atoms with Crippen molar-refractivity contribution in [1.29, 1.82) is 0 Å². The molecule has 13 nitrogen and oxygen atoms in total. The van der Waals surface area contributed by atoms with Crippen molar-refractivity contribution >= 4 is 16.6 Å². The second kappa shape index (κ2) is 11.4. The van der Waals surface area contributed by atoms with Crippen molar-refractivity contribution in [2.45, 2.75) is 11.6 Å². The Kier molecular flexibility index (Phi) is 6.42. The topological polar surface area (TPSA) is 175 Å². The molecule has 10 rings (SSSR count). The van der Waals surface area contributed by atoms with Crippen molar-refractivity contribution in [3.05, 3.63) is 163 Å². The molecule has 0 saturated carbocycles. The molecule has 0 spiro atoms. The number of para-hydroxylation sites is 1. The average molecular weight is 667 g/mol. The number of H-pyrrole nitrogens is 4. The lowest BCUT2D eigenvalue weighted by Crippen LogP contribution is -2.28. The van der Waals surface area contributed by atoms with Crippen LogP contribution in [0.15, 0.2) is 134 Å². The number of nitrogens with one attached hydrogen (secondary N) is 4. The van der Waals surface area contributed by atoms with Crippen LogP contribution in [-0.4, -0.2) is 61.2 Å². The summed E-state index contributed by atoms with van der Waals surface area (Å²) in [6, 6.07) is 18.1. The number of nitrogens with zero attached hydrogens (tertiary/aromatic N) is 8. The molecule has 8 heterocycles. The lowest BCUT2D eigenvalue weighted by molar-refractivity contribution is 0.187. The summed E-state index contributed by atoms with van der Waals surface area (Å²) in [5, 5.41) is 20.6. The highest BCUT2D eigenvalue weighted by atomic mass is 16.5. The SMILES string of the molecule is C1=COC(c2c(-c3cn[nH]n3)c(-c3ccccn3)c3c(c2-c2cnccn2)C(c2ccn[nH]2)(c2cc4ccccc4[nH]2)N=C3c2ncc[nH]2)C=C1. The number of allylic oxidation sites excluding steroid dienone is 2. The van der Waals surface area contributed by atoms with E-state index in [-0.39, 0.29) is 0 Å². The fourth-order valence-electron chi connectivity index (χ4n) is 7.36. The summed E-state index contributed by atoms with van der Waals surface area (Å²) in [7, 11) is 0. The highest BCUT2D eigenvalue weighted by Gasteiger charge is 2.52. The second-order valence-electron chi connectivity index (χ2n) is 12.1. The summed E-state index contributed by atoms with van der Waals surface area (Å²) in [6.07, 6.45) is 20.8. The zero-order valence-corrected chi connectivity index (χ0v) is 26.7. The number of imidazole rings is 1. The second-order valence-corrected chi connectivity index (χ2v) is 12.1. The molecule has 2 unspecified atom stereocenters. The summed E-state index contributed by atoms with van der Waals surface area (Å²) in [6.45, 7) is 0. The van der Waals surface area contributed by atoms with E-state index >= 15 is 0 Å². The van der Waals surface area contributed by atoms with Gasteiger partial charge in [-0.1, -0.05) is 30.3 Å². The van der Waals surface area contributed by atoms with Crippen LogP contribution in [-0.2, 0) is 10.3 Å². The number of hydrogen-bond acceptors (Lipinski definition) is 9. The lowest BCUT2D eigenvalue weighted by Gasteiger charge is -2.32. The van der Waals surface area contributed by atoms with Crippen molar-refractivity contribution in [1.82, 2.24) is 55.5 Å². The van der Waals surface area contributed by atoms with Gasteiger partial charge in [-0.05, 0) is 47.9 Å². The van der Waals surface area contributed by atoms with Gasteiger partial charge in [0.2, 0.25) is 0 Å². The zero-order valence-electron chi connectivity index (χ0n) is 26.7. The predicted molar refractivity (Wildman–Crippen MR) is 189 cm³/mol. The van der Waals surface area contributed by atoms with E-state index < -0.39 is 11.6 Å². The third-order valence-electron chi connectivity index (χ3n) is 9.35. The Balaban J connectivity index is 1.49. The fraction of sp³-hybridized carbons (Fsp3) is 0.0526. The van der Waals surface area contributed by atoms with Crippen LogP contribution >= 0.6 is 0 Å². The molecule has 51 heavy (non-hydrogen) atoms. The molecule has 0 aliphatic carbocycles. The summed E-state index contributed by atoms with van der Waals surface area (Å²) < 4.78 is 6.45. The quantitative estimate of drug-likeness (QED) is 0.155. The summed E-state index contributed by atoms with van der Waals surface area (Å²) in [4.78, 5) is 32.1. The lowest BCUT2D eigenvalue weighted by atomic mass is 9.73. The Morgan fingerprint density at radius 2 is 1.67 bits per heavy atom. The monoisotopic (exact) mass is 666 g/mol. The van der Waals surface area contributed by atoms with Crippen LogP contribution in [0, 0.1) is 0 Å². The van der Waals surface area contributed by atoms with Gasteiger partial charge in [-0.2, -0.15) is 20.5 Å². The zero-order chi connectivity index (χ0) is 33.8. The third-order valence-corrected chi connectivity index (χ3v) is 9.35. The molecule has 0 radical (unpaired) electrons. The van der Waals surface area contributed by atoms with Gasteiger partial charge in [0.1, 0.15) is 17.5 Å². The number of hydrogen-bond donors (Lipinski definition) is 4. The number of rotatable bonds is 7. The standard InChI is InChI=1S/C38H26N12O/c1-2-8-23-22(7-1)19-29(46-23)38(28-11-13-44-49-28)35-32(25-20-39-14-15-41-25)33(27-10-4-6-18-51-27)31(26-21-45-50-48-26)30(24-9-3-5-12-40-24)34(35)36(47-38)37-42-16-17-43-37/h1-21,27,46H,(H,42,43)(H,44,49)(H,45,48,50). The number of benzene rings is 2. The number of aromatic amines is 4. The maximum Gasteiger partial charge on any atom is 0.169 e. The Labute approximate surface area is 289 Å². The maximum atomic E-state index is 6.45. The molecular weight excluding hydrogens is 641 g/mol. The minimum Gasteiger partial charge on any atom is -0.489 e. The molecule has 8 aromatic rings. The van der Waals surface area contributed by atoms with E-state index in [2.05, 4.69) is 58.8 Å². The van der Waals surface area contributed by atoms with Crippen LogP contribution in [0.2, 0.25) is 0 Å². The Morgan fingerprint density at radius 1 is 0.725 bits per heavy atom. The van der Waals surface area contributed by atoms with Gasteiger partial charge >= 0.3 is 0 Å². The average Bonchev–Trinajstić information content (AvgIpc) is 4.04. The number of ether oxygens (including phenoxy) is 1. The van der Waals surface area contributed by atoms with Gasteiger partial charge in [0.25, 0.3) is 0 Å². The first-order valence-electron chi connectivity index (χ1n) is 16.3. The molecule has 0 amide bonds. The van der Waals surface area contributed by atoms with Crippen molar-refractivity contribution in [3.63, 3.8) is 0 Å².